The number of hydrogen-bond donors (Lipinski definition) is 3. The summed E-state index contributed by atoms with van der Waals surface area (Å²) in [7, 11) is -3.91. The summed E-state index contributed by atoms with van der Waals surface area (Å²) in [6.45, 7) is -0.812. The van der Waals surface area contributed by atoms with Crippen LogP contribution in [-0.4, -0.2) is 37.2 Å². The Bertz CT molecular complexity index is 524. The number of carbonyl (C=O) groups is 1. The van der Waals surface area contributed by atoms with Crippen LogP contribution in [0.25, 0.3) is 6.08 Å². The fraction of sp³-hybridized carbons (Fsp3) is 0.182. The number of sulfonamides is 1. The van der Waals surface area contributed by atoms with Crippen molar-refractivity contribution in [1.29, 1.82) is 0 Å². The monoisotopic (exact) mass is 271 g/mol. The highest BCUT2D eigenvalue weighted by Crippen LogP contribution is 2.03. The molecule has 1 aromatic rings. The van der Waals surface area contributed by atoms with Gasteiger partial charge in [0.25, 0.3) is 0 Å². The number of carboxylic acid groups (broad SMARTS) is 1. The van der Waals surface area contributed by atoms with Gasteiger partial charge in [-0.15, -0.1) is 0 Å². The second-order valence-electron chi connectivity index (χ2n) is 3.45. The van der Waals surface area contributed by atoms with Crippen molar-refractivity contribution in [2.24, 2.45) is 0 Å². The van der Waals surface area contributed by atoms with Crippen LogP contribution in [0, 0.1) is 0 Å². The number of aliphatic hydroxyl groups excluding tert-OH is 1. The molecular formula is C11H13NO5S. The topological polar surface area (TPSA) is 104 Å². The van der Waals surface area contributed by atoms with E-state index in [0.717, 1.165) is 5.41 Å². The molecule has 1 atom stereocenters. The highest BCUT2D eigenvalue weighted by Gasteiger charge is 2.21. The molecule has 0 saturated carbocycles. The molecule has 6 nitrogen and oxygen atoms in total. The van der Waals surface area contributed by atoms with Crippen LogP contribution in [0.15, 0.2) is 35.7 Å². The molecule has 1 rings (SSSR count). The van der Waals surface area contributed by atoms with Crippen molar-refractivity contribution in [2.45, 2.75) is 6.04 Å². The van der Waals surface area contributed by atoms with Gasteiger partial charge in [-0.1, -0.05) is 30.3 Å². The third-order valence-electron chi connectivity index (χ3n) is 2.03. The fourth-order valence-corrected chi connectivity index (χ4v) is 2.12. The molecule has 0 saturated heterocycles. The third-order valence-corrected chi connectivity index (χ3v) is 3.13. The molecule has 0 aliphatic carbocycles. The summed E-state index contributed by atoms with van der Waals surface area (Å²) in [5.41, 5.74) is 0.666. The highest BCUT2D eigenvalue weighted by atomic mass is 32.2. The quantitative estimate of drug-likeness (QED) is 0.677. The Labute approximate surface area is 105 Å². The summed E-state index contributed by atoms with van der Waals surface area (Å²) in [5.74, 6) is -1.44. The van der Waals surface area contributed by atoms with Crippen molar-refractivity contribution < 1.29 is 23.4 Å². The van der Waals surface area contributed by atoms with Gasteiger partial charge in [-0.2, -0.15) is 4.72 Å². The molecule has 18 heavy (non-hydrogen) atoms. The molecule has 0 bridgehead atoms. The molecule has 7 heteroatoms. The number of nitrogens with one attached hydrogen (secondary N) is 1. The second-order valence-corrected chi connectivity index (χ2v) is 5.05. The predicted molar refractivity (Wildman–Crippen MR) is 66.0 cm³/mol. The molecule has 0 amide bonds. The number of benzene rings is 1. The number of hydrogen-bond acceptors (Lipinski definition) is 4. The van der Waals surface area contributed by atoms with Gasteiger partial charge in [0, 0.05) is 5.41 Å². The first kappa shape index (κ1) is 14.4. The van der Waals surface area contributed by atoms with Gasteiger partial charge in [-0.3, -0.25) is 4.79 Å². The van der Waals surface area contributed by atoms with E-state index in [1.54, 1.807) is 30.3 Å². The first-order valence-electron chi connectivity index (χ1n) is 5.04. The standard InChI is InChI=1S/C11H13NO5S/c13-8-10(11(14)15)12-18(16,17)7-6-9-4-2-1-3-5-9/h1-7,10,12-13H,8H2,(H,14,15)/b7-6+/t10-/m1/s1. The Morgan fingerprint density at radius 3 is 2.44 bits per heavy atom. The van der Waals surface area contributed by atoms with Crippen LogP contribution in [0.2, 0.25) is 0 Å². The smallest absolute Gasteiger partial charge is 0.324 e. The average molecular weight is 271 g/mol. The normalized spacial score (nSPS) is 13.6. The minimum atomic E-state index is -3.91. The lowest BCUT2D eigenvalue weighted by Crippen LogP contribution is -2.42. The summed E-state index contributed by atoms with van der Waals surface area (Å²) in [4.78, 5) is 10.6. The van der Waals surface area contributed by atoms with Crippen molar-refractivity contribution in [1.82, 2.24) is 4.72 Å². The number of aliphatic carboxylic acids is 1. The summed E-state index contributed by atoms with van der Waals surface area (Å²) < 4.78 is 24.9. The molecule has 0 aliphatic rings. The van der Waals surface area contributed by atoms with E-state index in [0.29, 0.717) is 5.56 Å². The molecular weight excluding hydrogens is 258 g/mol. The van der Waals surface area contributed by atoms with E-state index in [9.17, 15) is 13.2 Å². The van der Waals surface area contributed by atoms with Crippen molar-refractivity contribution in [3.63, 3.8) is 0 Å². The lowest BCUT2D eigenvalue weighted by Gasteiger charge is -2.09. The number of rotatable bonds is 6. The predicted octanol–water partition coefficient (Wildman–Crippen LogP) is 0.0222. The molecule has 0 aliphatic heterocycles. The maximum Gasteiger partial charge on any atom is 0.324 e. The molecule has 98 valence electrons. The van der Waals surface area contributed by atoms with Crippen LogP contribution < -0.4 is 4.72 Å². The van der Waals surface area contributed by atoms with Gasteiger partial charge in [0.1, 0.15) is 6.04 Å². The van der Waals surface area contributed by atoms with Gasteiger partial charge in [-0.25, -0.2) is 8.42 Å². The first-order valence-corrected chi connectivity index (χ1v) is 6.58. The van der Waals surface area contributed by atoms with Gasteiger partial charge < -0.3 is 10.2 Å². The van der Waals surface area contributed by atoms with E-state index in [1.807, 2.05) is 4.72 Å². The molecule has 3 N–H and O–H groups in total. The summed E-state index contributed by atoms with van der Waals surface area (Å²) >= 11 is 0. The highest BCUT2D eigenvalue weighted by molar-refractivity contribution is 7.92. The van der Waals surface area contributed by atoms with Crippen molar-refractivity contribution in [3.05, 3.63) is 41.3 Å². The van der Waals surface area contributed by atoms with Gasteiger partial charge >= 0.3 is 5.97 Å². The number of carboxylic acids is 1. The maximum absolute atomic E-state index is 11.5. The molecule has 1 aromatic carbocycles. The Hall–Kier alpha value is -1.70. The van der Waals surface area contributed by atoms with Crippen LogP contribution in [0.5, 0.6) is 0 Å². The van der Waals surface area contributed by atoms with E-state index in [4.69, 9.17) is 10.2 Å². The summed E-state index contributed by atoms with van der Waals surface area (Å²) in [5, 5.41) is 18.2. The zero-order chi connectivity index (χ0) is 13.6. The van der Waals surface area contributed by atoms with Gasteiger partial charge in [0.05, 0.1) is 6.61 Å². The van der Waals surface area contributed by atoms with Crippen LogP contribution in [0.1, 0.15) is 5.56 Å². The maximum atomic E-state index is 11.5. The SMILES string of the molecule is O=C(O)[C@@H](CO)NS(=O)(=O)/C=C/c1ccccc1. The van der Waals surface area contributed by atoms with E-state index in [2.05, 4.69) is 0 Å². The minimum Gasteiger partial charge on any atom is -0.480 e. The lowest BCUT2D eigenvalue weighted by atomic mass is 10.2. The Morgan fingerprint density at radius 1 is 1.33 bits per heavy atom. The number of aliphatic hydroxyl groups is 1. The van der Waals surface area contributed by atoms with Crippen LogP contribution in [0.3, 0.4) is 0 Å². The fourth-order valence-electron chi connectivity index (χ4n) is 1.14. The van der Waals surface area contributed by atoms with Crippen molar-refractivity contribution >= 4 is 22.1 Å². The molecule has 0 aromatic heterocycles. The Balaban J connectivity index is 2.77. The lowest BCUT2D eigenvalue weighted by molar-refractivity contribution is -0.139. The van der Waals surface area contributed by atoms with Crippen molar-refractivity contribution in [2.75, 3.05) is 6.61 Å². The zero-order valence-corrected chi connectivity index (χ0v) is 10.2. The second kappa shape index (κ2) is 6.29. The summed E-state index contributed by atoms with van der Waals surface area (Å²) in [6, 6.07) is 7.13. The summed E-state index contributed by atoms with van der Waals surface area (Å²) in [6.07, 6.45) is 1.33. The van der Waals surface area contributed by atoms with Gasteiger partial charge in [0.15, 0.2) is 0 Å². The molecule has 0 unspecified atom stereocenters. The zero-order valence-electron chi connectivity index (χ0n) is 9.35. The van der Waals surface area contributed by atoms with Gasteiger partial charge in [0.2, 0.25) is 10.0 Å². The van der Waals surface area contributed by atoms with Crippen LogP contribution in [0.4, 0.5) is 0 Å². The average Bonchev–Trinajstić information content (AvgIpc) is 2.35. The molecule has 0 spiro atoms. The van der Waals surface area contributed by atoms with E-state index in [-0.39, 0.29) is 0 Å². The Morgan fingerprint density at radius 2 is 1.94 bits per heavy atom. The van der Waals surface area contributed by atoms with Crippen molar-refractivity contribution in [3.8, 4) is 0 Å². The third kappa shape index (κ3) is 4.66. The van der Waals surface area contributed by atoms with Crippen LogP contribution in [-0.2, 0) is 14.8 Å². The van der Waals surface area contributed by atoms with E-state index in [1.165, 1.54) is 6.08 Å². The Kier molecular flexibility index (Phi) is 5.02. The molecule has 0 heterocycles. The van der Waals surface area contributed by atoms with Gasteiger partial charge in [-0.05, 0) is 11.6 Å². The first-order chi connectivity index (χ1) is 8.44. The largest absolute Gasteiger partial charge is 0.480 e. The molecule has 0 radical (unpaired) electrons. The molecule has 0 fully saturated rings. The minimum absolute atomic E-state index is 0.666. The van der Waals surface area contributed by atoms with E-state index < -0.39 is 28.6 Å². The van der Waals surface area contributed by atoms with Crippen LogP contribution >= 0.6 is 0 Å². The van der Waals surface area contributed by atoms with E-state index >= 15 is 0 Å².